The van der Waals surface area contributed by atoms with Crippen LogP contribution in [0.2, 0.25) is 0 Å². The summed E-state index contributed by atoms with van der Waals surface area (Å²) in [5.41, 5.74) is 2.85. The van der Waals surface area contributed by atoms with Crippen molar-refractivity contribution in [2.45, 2.75) is 44.4 Å². The summed E-state index contributed by atoms with van der Waals surface area (Å²) < 4.78 is 2.16. The smallest absolute Gasteiger partial charge is 0.140 e. The van der Waals surface area contributed by atoms with Gasteiger partial charge in [0.15, 0.2) is 0 Å². The van der Waals surface area contributed by atoms with E-state index in [0.29, 0.717) is 11.2 Å². The Labute approximate surface area is 119 Å². The van der Waals surface area contributed by atoms with Crippen LogP contribution in [0, 0.1) is 5.41 Å². The molecule has 0 saturated heterocycles. The number of carbonyl (C=O) groups is 1. The molecule has 4 rings (SSSR count). The Hall–Kier alpha value is -1.57. The minimum Gasteiger partial charge on any atom is -0.350 e. The van der Waals surface area contributed by atoms with Crippen LogP contribution in [-0.4, -0.2) is 10.4 Å². The summed E-state index contributed by atoms with van der Waals surface area (Å²) in [6.07, 6.45) is 9.24. The van der Waals surface area contributed by atoms with Crippen molar-refractivity contribution in [1.29, 1.82) is 0 Å². The Morgan fingerprint density at radius 3 is 2.75 bits per heavy atom. The summed E-state index contributed by atoms with van der Waals surface area (Å²) in [4.78, 5) is 12.6. The predicted molar refractivity (Wildman–Crippen MR) is 80.8 cm³/mol. The highest BCUT2D eigenvalue weighted by Gasteiger charge is 2.46. The molecule has 2 nitrogen and oxygen atoms in total. The average molecular weight is 267 g/mol. The van der Waals surface area contributed by atoms with Gasteiger partial charge in [0.25, 0.3) is 0 Å². The molecule has 2 saturated carbocycles. The molecular formula is C18H21NO. The Morgan fingerprint density at radius 2 is 1.95 bits per heavy atom. The van der Waals surface area contributed by atoms with Crippen molar-refractivity contribution in [1.82, 2.24) is 4.57 Å². The van der Waals surface area contributed by atoms with E-state index in [9.17, 15) is 4.79 Å². The van der Waals surface area contributed by atoms with E-state index in [1.54, 1.807) is 0 Å². The number of nitrogens with zero attached hydrogens (tertiary/aromatic N) is 1. The Morgan fingerprint density at radius 1 is 1.20 bits per heavy atom. The molecule has 0 radical (unpaired) electrons. The van der Waals surface area contributed by atoms with Gasteiger partial charge in [0, 0.05) is 36.5 Å². The fraction of sp³-hybridized carbons (Fsp3) is 0.500. The van der Waals surface area contributed by atoms with Gasteiger partial charge in [0.05, 0.1) is 0 Å². The van der Waals surface area contributed by atoms with Crippen molar-refractivity contribution in [3.63, 3.8) is 0 Å². The van der Waals surface area contributed by atoms with Gasteiger partial charge in [-0.3, -0.25) is 4.79 Å². The molecule has 2 heteroatoms. The summed E-state index contributed by atoms with van der Waals surface area (Å²) in [7, 11) is 2.08. The van der Waals surface area contributed by atoms with Crippen LogP contribution in [-0.2, 0) is 11.8 Å². The lowest BCUT2D eigenvalue weighted by Gasteiger charge is -2.21. The fourth-order valence-corrected chi connectivity index (χ4v) is 4.55. The van der Waals surface area contributed by atoms with Gasteiger partial charge >= 0.3 is 0 Å². The third-order valence-electron chi connectivity index (χ3n) is 5.54. The number of Topliss-reactive ketones (excluding diaryl/α,β-unsaturated/α-hetero) is 1. The standard InChI is InChI=1S/C18H21NO/c1-19-12-15(13-6-2-3-7-16(13)19)14-10-18(11-17(14)20)8-4-5-9-18/h2-3,6-7,12,14H,4-5,8-11H2,1H3/t14-/m0/s1. The number of aryl methyl sites for hydroxylation is 1. The van der Waals surface area contributed by atoms with E-state index < -0.39 is 0 Å². The number of carbonyl (C=O) groups excluding carboxylic acids is 1. The van der Waals surface area contributed by atoms with Gasteiger partial charge < -0.3 is 4.57 Å². The zero-order valence-electron chi connectivity index (χ0n) is 12.1. The molecule has 1 aromatic carbocycles. The van der Waals surface area contributed by atoms with Gasteiger partial charge in [-0.05, 0) is 36.3 Å². The molecule has 0 unspecified atom stereocenters. The first-order chi connectivity index (χ1) is 9.69. The van der Waals surface area contributed by atoms with E-state index in [2.05, 4.69) is 42.1 Å². The second-order valence-corrected chi connectivity index (χ2v) is 6.82. The van der Waals surface area contributed by atoms with Crippen molar-refractivity contribution in [3.05, 3.63) is 36.0 Å². The van der Waals surface area contributed by atoms with E-state index in [1.807, 2.05) is 0 Å². The highest BCUT2D eigenvalue weighted by Crippen LogP contribution is 2.54. The maximum Gasteiger partial charge on any atom is 0.140 e. The monoisotopic (exact) mass is 267 g/mol. The highest BCUT2D eigenvalue weighted by atomic mass is 16.1. The molecule has 1 heterocycles. The highest BCUT2D eigenvalue weighted by molar-refractivity contribution is 5.95. The SMILES string of the molecule is Cn1cc([C@@H]2CC3(CCCC3)CC2=O)c2ccccc21. The van der Waals surface area contributed by atoms with Crippen molar-refractivity contribution in [2.75, 3.05) is 0 Å². The second-order valence-electron chi connectivity index (χ2n) is 6.82. The van der Waals surface area contributed by atoms with E-state index in [0.717, 1.165) is 12.8 Å². The molecule has 1 spiro atoms. The first-order valence-corrected chi connectivity index (χ1v) is 7.75. The fourth-order valence-electron chi connectivity index (χ4n) is 4.55. The summed E-state index contributed by atoms with van der Waals surface area (Å²) >= 11 is 0. The molecule has 20 heavy (non-hydrogen) atoms. The van der Waals surface area contributed by atoms with Gasteiger partial charge in [-0.25, -0.2) is 0 Å². The van der Waals surface area contributed by atoms with Gasteiger partial charge in [-0.1, -0.05) is 31.0 Å². The molecule has 0 bridgehead atoms. The minimum absolute atomic E-state index is 0.138. The molecule has 1 aromatic heterocycles. The van der Waals surface area contributed by atoms with Crippen LogP contribution >= 0.6 is 0 Å². The Kier molecular flexibility index (Phi) is 2.57. The van der Waals surface area contributed by atoms with Crippen LogP contribution in [0.3, 0.4) is 0 Å². The quantitative estimate of drug-likeness (QED) is 0.759. The van der Waals surface area contributed by atoms with Crippen molar-refractivity contribution in [3.8, 4) is 0 Å². The minimum atomic E-state index is 0.138. The molecule has 2 aliphatic rings. The number of para-hydroxylation sites is 1. The number of aromatic nitrogens is 1. The molecule has 1 atom stereocenters. The second kappa shape index (κ2) is 4.21. The Balaban J connectivity index is 1.78. The lowest BCUT2D eigenvalue weighted by atomic mass is 9.83. The summed E-state index contributed by atoms with van der Waals surface area (Å²) in [6.45, 7) is 0. The van der Waals surface area contributed by atoms with Crippen LogP contribution in [0.5, 0.6) is 0 Å². The van der Waals surface area contributed by atoms with Crippen LogP contribution in [0.25, 0.3) is 10.9 Å². The number of hydrogen-bond donors (Lipinski definition) is 0. The average Bonchev–Trinajstić information content (AvgIpc) is 3.11. The molecule has 2 aliphatic carbocycles. The number of fused-ring (bicyclic) bond motifs is 1. The largest absolute Gasteiger partial charge is 0.350 e. The summed E-state index contributed by atoms with van der Waals surface area (Å²) in [6, 6.07) is 8.46. The molecule has 0 N–H and O–H groups in total. The van der Waals surface area contributed by atoms with Crippen molar-refractivity contribution >= 4 is 16.7 Å². The molecular weight excluding hydrogens is 246 g/mol. The molecule has 2 aromatic rings. The maximum absolute atomic E-state index is 12.6. The van der Waals surface area contributed by atoms with Crippen molar-refractivity contribution in [2.24, 2.45) is 12.5 Å². The van der Waals surface area contributed by atoms with Crippen LogP contribution in [0.1, 0.15) is 50.0 Å². The molecule has 0 amide bonds. The number of hydrogen-bond acceptors (Lipinski definition) is 1. The van der Waals surface area contributed by atoms with E-state index in [4.69, 9.17) is 0 Å². The number of benzene rings is 1. The van der Waals surface area contributed by atoms with Crippen molar-refractivity contribution < 1.29 is 4.79 Å². The predicted octanol–water partition coefficient (Wildman–Crippen LogP) is 4.19. The molecule has 2 fully saturated rings. The lowest BCUT2D eigenvalue weighted by Crippen LogP contribution is -2.10. The van der Waals surface area contributed by atoms with Gasteiger partial charge in [-0.15, -0.1) is 0 Å². The summed E-state index contributed by atoms with van der Waals surface area (Å²) in [5.74, 6) is 0.613. The number of rotatable bonds is 1. The third-order valence-corrected chi connectivity index (χ3v) is 5.54. The lowest BCUT2D eigenvalue weighted by molar-refractivity contribution is -0.119. The topological polar surface area (TPSA) is 22.0 Å². The maximum atomic E-state index is 12.6. The normalized spacial score (nSPS) is 25.1. The Bertz CT molecular complexity index is 676. The molecule has 0 aliphatic heterocycles. The zero-order chi connectivity index (χ0) is 13.7. The van der Waals surface area contributed by atoms with E-state index >= 15 is 0 Å². The van der Waals surface area contributed by atoms with E-state index in [-0.39, 0.29) is 5.92 Å². The number of ketones is 1. The van der Waals surface area contributed by atoms with Crippen LogP contribution in [0.15, 0.2) is 30.5 Å². The van der Waals surface area contributed by atoms with Gasteiger partial charge in [0.1, 0.15) is 5.78 Å². The molecule has 104 valence electrons. The van der Waals surface area contributed by atoms with Crippen LogP contribution < -0.4 is 0 Å². The van der Waals surface area contributed by atoms with Crippen LogP contribution in [0.4, 0.5) is 0 Å². The van der Waals surface area contributed by atoms with E-state index in [1.165, 1.54) is 42.1 Å². The van der Waals surface area contributed by atoms with Gasteiger partial charge in [0.2, 0.25) is 0 Å². The first kappa shape index (κ1) is 12.2. The third kappa shape index (κ3) is 1.67. The summed E-state index contributed by atoms with van der Waals surface area (Å²) in [5, 5.41) is 1.27. The zero-order valence-corrected chi connectivity index (χ0v) is 12.1. The first-order valence-electron chi connectivity index (χ1n) is 7.75. The van der Waals surface area contributed by atoms with Gasteiger partial charge in [-0.2, -0.15) is 0 Å².